The summed E-state index contributed by atoms with van der Waals surface area (Å²) in [5, 5.41) is 0. The summed E-state index contributed by atoms with van der Waals surface area (Å²) in [5.41, 5.74) is 2.05. The van der Waals surface area contributed by atoms with E-state index in [2.05, 4.69) is 0 Å². The average Bonchev–Trinajstić information content (AvgIpc) is 2.58. The quantitative estimate of drug-likeness (QED) is 0.786. The third kappa shape index (κ3) is 3.33. The van der Waals surface area contributed by atoms with Gasteiger partial charge in [0.05, 0.1) is 4.90 Å². The molecule has 0 saturated carbocycles. The molecule has 0 unspecified atom stereocenters. The van der Waals surface area contributed by atoms with Crippen LogP contribution in [0.5, 0.6) is 0 Å². The van der Waals surface area contributed by atoms with Crippen LogP contribution in [0, 0.1) is 5.92 Å². The number of fused-ring (bicyclic) bond motifs is 1. The Kier molecular flexibility index (Phi) is 4.39. The van der Waals surface area contributed by atoms with Gasteiger partial charge in [0.2, 0.25) is 5.91 Å². The van der Waals surface area contributed by atoms with Crippen LogP contribution in [0.1, 0.15) is 25.0 Å². The number of carbonyl (C=O) groups is 1. The summed E-state index contributed by atoms with van der Waals surface area (Å²) >= 11 is 0. The van der Waals surface area contributed by atoms with E-state index in [1.807, 2.05) is 18.7 Å². The van der Waals surface area contributed by atoms with Crippen molar-refractivity contribution < 1.29 is 13.2 Å². The van der Waals surface area contributed by atoms with Gasteiger partial charge in [0.1, 0.15) is 0 Å². The van der Waals surface area contributed by atoms with Crippen LogP contribution in [-0.4, -0.2) is 32.3 Å². The van der Waals surface area contributed by atoms with Crippen LogP contribution in [0.2, 0.25) is 0 Å². The second kappa shape index (κ2) is 5.74. The molecule has 1 aliphatic rings. The smallest absolute Gasteiger partial charge is 0.261 e. The van der Waals surface area contributed by atoms with Gasteiger partial charge in [-0.3, -0.25) is 4.79 Å². The normalized spacial score (nSPS) is 15.9. The topological polar surface area (TPSA) is 54.5 Å². The van der Waals surface area contributed by atoms with E-state index < -0.39 is 9.05 Å². The largest absolute Gasteiger partial charge is 0.342 e. The molecule has 0 bridgehead atoms. The lowest BCUT2D eigenvalue weighted by atomic mass is 10.0. The zero-order valence-electron chi connectivity index (χ0n) is 11.6. The summed E-state index contributed by atoms with van der Waals surface area (Å²) in [6, 6.07) is 4.95. The molecule has 1 heterocycles. The van der Waals surface area contributed by atoms with E-state index in [4.69, 9.17) is 10.7 Å². The molecule has 0 saturated heterocycles. The monoisotopic (exact) mass is 315 g/mol. The van der Waals surface area contributed by atoms with E-state index in [1.54, 1.807) is 12.1 Å². The third-order valence-corrected chi connectivity index (χ3v) is 4.92. The first-order chi connectivity index (χ1) is 9.29. The fourth-order valence-corrected chi connectivity index (χ4v) is 3.24. The van der Waals surface area contributed by atoms with Gasteiger partial charge in [0.15, 0.2) is 0 Å². The van der Waals surface area contributed by atoms with Crippen LogP contribution >= 0.6 is 10.7 Å². The zero-order valence-corrected chi connectivity index (χ0v) is 13.2. The summed E-state index contributed by atoms with van der Waals surface area (Å²) in [4.78, 5) is 14.0. The summed E-state index contributed by atoms with van der Waals surface area (Å²) < 4.78 is 22.7. The van der Waals surface area contributed by atoms with Gasteiger partial charge in [-0.25, -0.2) is 8.42 Å². The van der Waals surface area contributed by atoms with Crippen LogP contribution in [0.25, 0.3) is 0 Å². The first-order valence-corrected chi connectivity index (χ1v) is 8.95. The fraction of sp³-hybridized carbons (Fsp3) is 0.500. The standard InChI is InChI=1S/C14H18ClNO3S/c1-10(2)14(17)16-7-5-11-3-4-13(20(15,18)19)9-12(11)6-8-16/h3-4,9-10H,5-8H2,1-2H3. The van der Waals surface area contributed by atoms with Crippen LogP contribution in [-0.2, 0) is 26.7 Å². The van der Waals surface area contributed by atoms with Gasteiger partial charge >= 0.3 is 0 Å². The van der Waals surface area contributed by atoms with E-state index in [0.29, 0.717) is 19.5 Å². The van der Waals surface area contributed by atoms with E-state index >= 15 is 0 Å². The van der Waals surface area contributed by atoms with Crippen LogP contribution in [0.3, 0.4) is 0 Å². The van der Waals surface area contributed by atoms with Crippen molar-refractivity contribution in [3.05, 3.63) is 29.3 Å². The van der Waals surface area contributed by atoms with Crippen molar-refractivity contribution in [1.82, 2.24) is 4.90 Å². The summed E-state index contributed by atoms with van der Waals surface area (Å²) in [6.07, 6.45) is 1.41. The Morgan fingerprint density at radius 1 is 1.20 bits per heavy atom. The van der Waals surface area contributed by atoms with Crippen molar-refractivity contribution in [2.24, 2.45) is 5.92 Å². The molecule has 0 spiro atoms. The highest BCUT2D eigenvalue weighted by atomic mass is 35.7. The molecule has 0 atom stereocenters. The number of benzene rings is 1. The highest BCUT2D eigenvalue weighted by molar-refractivity contribution is 8.13. The van der Waals surface area contributed by atoms with Crippen LogP contribution in [0.4, 0.5) is 0 Å². The number of halogens is 1. The minimum absolute atomic E-state index is 0.0185. The number of rotatable bonds is 2. The van der Waals surface area contributed by atoms with E-state index in [-0.39, 0.29) is 16.7 Å². The lowest BCUT2D eigenvalue weighted by molar-refractivity contribution is -0.134. The molecule has 0 aromatic heterocycles. The SMILES string of the molecule is CC(C)C(=O)N1CCc2ccc(S(=O)(=O)Cl)cc2CC1. The molecule has 0 fully saturated rings. The molecule has 6 heteroatoms. The Morgan fingerprint density at radius 3 is 2.35 bits per heavy atom. The maximum absolute atomic E-state index is 12.0. The number of amides is 1. The fourth-order valence-electron chi connectivity index (χ4n) is 2.44. The van der Waals surface area contributed by atoms with Crippen LogP contribution in [0.15, 0.2) is 23.1 Å². The van der Waals surface area contributed by atoms with Crippen molar-refractivity contribution in [1.29, 1.82) is 0 Å². The number of carbonyl (C=O) groups excluding carboxylic acids is 1. The van der Waals surface area contributed by atoms with Crippen molar-refractivity contribution in [2.75, 3.05) is 13.1 Å². The van der Waals surface area contributed by atoms with E-state index in [1.165, 1.54) is 6.07 Å². The maximum Gasteiger partial charge on any atom is 0.261 e. The lowest BCUT2D eigenvalue weighted by Crippen LogP contribution is -2.36. The molecular formula is C14H18ClNO3S. The Morgan fingerprint density at radius 2 is 1.80 bits per heavy atom. The summed E-state index contributed by atoms with van der Waals surface area (Å²) in [6.45, 7) is 5.07. The average molecular weight is 316 g/mol. The van der Waals surface area contributed by atoms with Crippen molar-refractivity contribution in [3.8, 4) is 0 Å². The molecule has 0 aliphatic carbocycles. The van der Waals surface area contributed by atoms with Gasteiger partial charge in [0.25, 0.3) is 9.05 Å². The number of hydrogen-bond donors (Lipinski definition) is 0. The molecule has 1 aromatic rings. The van der Waals surface area contributed by atoms with Crippen LogP contribution < -0.4 is 0 Å². The Balaban J connectivity index is 2.24. The van der Waals surface area contributed by atoms with E-state index in [9.17, 15) is 13.2 Å². The molecule has 2 rings (SSSR count). The van der Waals surface area contributed by atoms with Gasteiger partial charge < -0.3 is 4.90 Å². The first kappa shape index (κ1) is 15.3. The molecule has 1 aromatic carbocycles. The van der Waals surface area contributed by atoms with Gasteiger partial charge in [0, 0.05) is 29.7 Å². The molecule has 20 heavy (non-hydrogen) atoms. The van der Waals surface area contributed by atoms with Gasteiger partial charge in [-0.2, -0.15) is 0 Å². The Bertz CT molecular complexity index is 625. The predicted octanol–water partition coefficient (Wildman–Crippen LogP) is 2.20. The Labute approximate surface area is 124 Å². The van der Waals surface area contributed by atoms with Crippen molar-refractivity contribution >= 4 is 25.6 Å². The van der Waals surface area contributed by atoms with Gasteiger partial charge in [-0.15, -0.1) is 0 Å². The first-order valence-electron chi connectivity index (χ1n) is 6.64. The lowest BCUT2D eigenvalue weighted by Gasteiger charge is -2.22. The molecular weight excluding hydrogens is 298 g/mol. The molecule has 0 N–H and O–H groups in total. The highest BCUT2D eigenvalue weighted by Gasteiger charge is 2.21. The summed E-state index contributed by atoms with van der Waals surface area (Å²) in [5.74, 6) is 0.123. The molecule has 4 nitrogen and oxygen atoms in total. The summed E-state index contributed by atoms with van der Waals surface area (Å²) in [7, 11) is 1.67. The predicted molar refractivity (Wildman–Crippen MR) is 78.3 cm³/mol. The molecule has 1 aliphatic heterocycles. The van der Waals surface area contributed by atoms with E-state index in [0.717, 1.165) is 17.5 Å². The minimum atomic E-state index is -3.70. The minimum Gasteiger partial charge on any atom is -0.342 e. The van der Waals surface area contributed by atoms with Crippen molar-refractivity contribution in [3.63, 3.8) is 0 Å². The second-order valence-corrected chi connectivity index (χ2v) is 7.91. The number of hydrogen-bond acceptors (Lipinski definition) is 3. The van der Waals surface area contributed by atoms with Crippen molar-refractivity contribution in [2.45, 2.75) is 31.6 Å². The second-order valence-electron chi connectivity index (χ2n) is 5.35. The number of nitrogens with zero attached hydrogens (tertiary/aromatic N) is 1. The molecule has 0 radical (unpaired) electrons. The van der Waals surface area contributed by atoms with Gasteiger partial charge in [-0.05, 0) is 36.1 Å². The maximum atomic E-state index is 12.0. The van der Waals surface area contributed by atoms with Gasteiger partial charge in [-0.1, -0.05) is 19.9 Å². The Hall–Kier alpha value is -1.07. The highest BCUT2D eigenvalue weighted by Crippen LogP contribution is 2.23. The molecule has 1 amide bonds. The third-order valence-electron chi connectivity index (χ3n) is 3.57. The zero-order chi connectivity index (χ0) is 14.9. The molecule has 110 valence electrons.